The van der Waals surface area contributed by atoms with Gasteiger partial charge in [-0.05, 0) is 49.4 Å². The molecule has 0 amide bonds. The van der Waals surface area contributed by atoms with E-state index in [1.807, 2.05) is 35.4 Å². The van der Waals surface area contributed by atoms with Crippen LogP contribution in [-0.2, 0) is 0 Å². The van der Waals surface area contributed by atoms with Crippen LogP contribution in [0.5, 0.6) is 0 Å². The van der Waals surface area contributed by atoms with Gasteiger partial charge in [0.1, 0.15) is 5.00 Å². The Labute approximate surface area is 185 Å². The van der Waals surface area contributed by atoms with Crippen LogP contribution in [0.4, 0.5) is 5.00 Å². The van der Waals surface area contributed by atoms with Crippen molar-refractivity contribution in [3.8, 4) is 0 Å². The Balaban J connectivity index is 1.40. The van der Waals surface area contributed by atoms with Gasteiger partial charge in [-0.3, -0.25) is 4.98 Å². The quantitative estimate of drug-likeness (QED) is 0.604. The predicted molar refractivity (Wildman–Crippen MR) is 128 cm³/mol. The number of pyridine rings is 1. The van der Waals surface area contributed by atoms with E-state index in [9.17, 15) is 0 Å². The van der Waals surface area contributed by atoms with Crippen molar-refractivity contribution < 1.29 is 0 Å². The number of fused-ring (bicyclic) bond motifs is 2. The third kappa shape index (κ3) is 4.13. The van der Waals surface area contributed by atoms with Crippen LogP contribution in [0.1, 0.15) is 16.9 Å². The number of aryl methyl sites for hydroxylation is 1. The van der Waals surface area contributed by atoms with Gasteiger partial charge in [-0.15, -0.1) is 23.1 Å². The summed E-state index contributed by atoms with van der Waals surface area (Å²) in [5.41, 5.74) is 2.55. The molecule has 1 aromatic carbocycles. The van der Waals surface area contributed by atoms with Crippen molar-refractivity contribution in [2.45, 2.75) is 24.3 Å². The molecule has 0 bridgehead atoms. The summed E-state index contributed by atoms with van der Waals surface area (Å²) in [6.45, 7) is 5.19. The van der Waals surface area contributed by atoms with Crippen molar-refractivity contribution in [3.63, 3.8) is 0 Å². The number of piperazine rings is 1. The maximum atomic E-state index is 4.80. The van der Waals surface area contributed by atoms with E-state index >= 15 is 0 Å². The van der Waals surface area contributed by atoms with Crippen LogP contribution >= 0.6 is 23.1 Å². The molecule has 1 saturated heterocycles. The fraction of sp³-hybridized carbons (Fsp3) is 0.292. The van der Waals surface area contributed by atoms with E-state index in [1.54, 1.807) is 0 Å². The van der Waals surface area contributed by atoms with Gasteiger partial charge >= 0.3 is 0 Å². The molecule has 2 aliphatic heterocycles. The Kier molecular flexibility index (Phi) is 5.79. The summed E-state index contributed by atoms with van der Waals surface area (Å²) in [5.74, 6) is 1.12. The van der Waals surface area contributed by atoms with E-state index in [0.717, 1.165) is 42.4 Å². The Bertz CT molecular complexity index is 1140. The molecule has 1 atom stereocenters. The van der Waals surface area contributed by atoms with Crippen LogP contribution in [0.3, 0.4) is 0 Å². The van der Waals surface area contributed by atoms with Crippen LogP contribution in [0.25, 0.3) is 11.9 Å². The summed E-state index contributed by atoms with van der Waals surface area (Å²) in [4.78, 5) is 10.0. The Hall–Kier alpha value is -2.28. The standard InChI is InChI=1S/C24H26N4S2/c1-17-14-21-23(22-18(6-5-10-26-22)15-27-24(21)30-17)28-12-11-25-19(16-28)9-13-29-20-7-3-2-4-8-20/h2-8,10,14-15,19,25,27H,9,11-13,16H2,1H3. The zero-order valence-electron chi connectivity index (χ0n) is 17.1. The van der Waals surface area contributed by atoms with Gasteiger partial charge in [0.25, 0.3) is 0 Å². The fourth-order valence-corrected chi connectivity index (χ4v) is 6.05. The Morgan fingerprint density at radius 1 is 1.20 bits per heavy atom. The van der Waals surface area contributed by atoms with Crippen LogP contribution in [0, 0.1) is 6.92 Å². The SMILES string of the molecule is Cc1cc2c(s1)NC=c1cccnc1=C2N1CCNC(CCSc2ccccc2)C1. The molecule has 0 aliphatic carbocycles. The molecule has 1 unspecified atom stereocenters. The molecule has 30 heavy (non-hydrogen) atoms. The van der Waals surface area contributed by atoms with Gasteiger partial charge in [-0.1, -0.05) is 18.2 Å². The highest BCUT2D eigenvalue weighted by Gasteiger charge is 2.26. The first kappa shape index (κ1) is 19.7. The molecule has 2 aromatic heterocycles. The predicted octanol–water partition coefficient (Wildman–Crippen LogP) is 3.23. The van der Waals surface area contributed by atoms with Crippen LogP contribution in [0.15, 0.2) is 59.6 Å². The van der Waals surface area contributed by atoms with Gasteiger partial charge in [0, 0.05) is 58.6 Å². The molecular formula is C24H26N4S2. The molecule has 6 heteroatoms. The van der Waals surface area contributed by atoms with Crippen molar-refractivity contribution in [2.24, 2.45) is 0 Å². The smallest absolute Gasteiger partial charge is 0.102 e. The Morgan fingerprint density at radius 3 is 3.00 bits per heavy atom. The second-order valence-corrected chi connectivity index (χ2v) is 10.2. The number of hydrogen-bond acceptors (Lipinski definition) is 6. The van der Waals surface area contributed by atoms with Crippen LogP contribution < -0.4 is 21.2 Å². The lowest BCUT2D eigenvalue weighted by Crippen LogP contribution is -2.51. The molecule has 154 valence electrons. The number of thioether (sulfide) groups is 1. The third-order valence-corrected chi connectivity index (χ3v) is 7.61. The summed E-state index contributed by atoms with van der Waals surface area (Å²) in [7, 11) is 0. The lowest BCUT2D eigenvalue weighted by Gasteiger charge is -2.36. The molecule has 0 saturated carbocycles. The number of thiophene rings is 1. The van der Waals surface area contributed by atoms with Gasteiger partial charge in [0.05, 0.1) is 11.0 Å². The summed E-state index contributed by atoms with van der Waals surface area (Å²) >= 11 is 3.76. The maximum absolute atomic E-state index is 4.80. The second-order valence-electron chi connectivity index (χ2n) is 7.73. The highest BCUT2D eigenvalue weighted by atomic mass is 32.2. The molecule has 2 aliphatic rings. The number of nitrogens with one attached hydrogen (secondary N) is 2. The summed E-state index contributed by atoms with van der Waals surface area (Å²) in [6.07, 6.45) is 5.16. The molecule has 0 spiro atoms. The molecule has 5 rings (SSSR count). The fourth-order valence-electron chi connectivity index (χ4n) is 4.18. The van der Waals surface area contributed by atoms with E-state index in [0.29, 0.717) is 6.04 Å². The first-order valence-corrected chi connectivity index (χ1v) is 12.3. The highest BCUT2D eigenvalue weighted by Crippen LogP contribution is 2.34. The van der Waals surface area contributed by atoms with E-state index in [-0.39, 0.29) is 0 Å². The lowest BCUT2D eigenvalue weighted by molar-refractivity contribution is 0.273. The normalized spacial score (nSPS) is 18.1. The third-order valence-electron chi connectivity index (χ3n) is 5.58. The molecule has 1 fully saturated rings. The lowest BCUT2D eigenvalue weighted by atomic mass is 10.1. The van der Waals surface area contributed by atoms with E-state index in [4.69, 9.17) is 4.98 Å². The molecule has 0 radical (unpaired) electrons. The zero-order valence-corrected chi connectivity index (χ0v) is 18.7. The number of aromatic nitrogens is 1. The minimum absolute atomic E-state index is 0.484. The van der Waals surface area contributed by atoms with Crippen molar-refractivity contribution in [1.29, 1.82) is 0 Å². The van der Waals surface area contributed by atoms with Crippen molar-refractivity contribution in [2.75, 3.05) is 30.7 Å². The maximum Gasteiger partial charge on any atom is 0.102 e. The molecule has 4 heterocycles. The Morgan fingerprint density at radius 2 is 2.10 bits per heavy atom. The van der Waals surface area contributed by atoms with Gasteiger partial charge in [-0.2, -0.15) is 0 Å². The minimum atomic E-state index is 0.484. The first-order valence-electron chi connectivity index (χ1n) is 10.5. The molecule has 3 aromatic rings. The van der Waals surface area contributed by atoms with Crippen molar-refractivity contribution in [3.05, 3.63) is 75.7 Å². The summed E-state index contributed by atoms with van der Waals surface area (Å²) in [5, 5.41) is 10.7. The van der Waals surface area contributed by atoms with Gasteiger partial charge in [0.2, 0.25) is 0 Å². The molecule has 2 N–H and O–H groups in total. The summed E-state index contributed by atoms with van der Waals surface area (Å²) < 4.78 is 0. The average molecular weight is 435 g/mol. The largest absolute Gasteiger partial charge is 0.366 e. The second kappa shape index (κ2) is 8.84. The van der Waals surface area contributed by atoms with Crippen LogP contribution in [0.2, 0.25) is 0 Å². The van der Waals surface area contributed by atoms with Gasteiger partial charge in [-0.25, -0.2) is 0 Å². The first-order chi connectivity index (χ1) is 14.8. The molecular weight excluding hydrogens is 408 g/mol. The monoisotopic (exact) mass is 434 g/mol. The van der Waals surface area contributed by atoms with Gasteiger partial charge in [0.15, 0.2) is 0 Å². The average Bonchev–Trinajstić information content (AvgIpc) is 3.07. The number of hydrogen-bond donors (Lipinski definition) is 2. The highest BCUT2D eigenvalue weighted by molar-refractivity contribution is 7.99. The van der Waals surface area contributed by atoms with E-state index < -0.39 is 0 Å². The van der Waals surface area contributed by atoms with Crippen molar-refractivity contribution >= 4 is 40.0 Å². The molecule has 4 nitrogen and oxygen atoms in total. The topological polar surface area (TPSA) is 40.2 Å². The zero-order chi connectivity index (χ0) is 20.3. The minimum Gasteiger partial charge on any atom is -0.366 e. The van der Waals surface area contributed by atoms with E-state index in [2.05, 4.69) is 71.1 Å². The van der Waals surface area contributed by atoms with Crippen LogP contribution in [-0.4, -0.2) is 41.3 Å². The van der Waals surface area contributed by atoms with Gasteiger partial charge < -0.3 is 15.5 Å². The van der Waals surface area contributed by atoms with Crippen molar-refractivity contribution in [1.82, 2.24) is 15.2 Å². The number of nitrogens with zero attached hydrogens (tertiary/aromatic N) is 2. The van der Waals surface area contributed by atoms with E-state index in [1.165, 1.54) is 26.0 Å². The number of anilines is 1. The number of benzene rings is 1. The number of rotatable bonds is 5. The summed E-state index contributed by atoms with van der Waals surface area (Å²) in [6, 6.07) is 17.6.